The molecular weight excluding hydrogens is 358 g/mol. The van der Waals surface area contributed by atoms with E-state index in [2.05, 4.69) is 15.9 Å². The maximum Gasteiger partial charge on any atom is 0.416 e. The van der Waals surface area contributed by atoms with Crippen LogP contribution in [-0.4, -0.2) is 0 Å². The van der Waals surface area contributed by atoms with Gasteiger partial charge in [0, 0.05) is 6.07 Å². The molecule has 0 radical (unpaired) electrons. The molecule has 0 aliphatic carbocycles. The van der Waals surface area contributed by atoms with Crippen molar-refractivity contribution in [1.29, 1.82) is 0 Å². The topological polar surface area (TPSA) is 35.2 Å². The van der Waals surface area contributed by atoms with E-state index < -0.39 is 11.7 Å². The molecular formula is C13H8BrClF3NO. The number of nitrogen functional groups attached to an aromatic ring is 1. The second-order valence-electron chi connectivity index (χ2n) is 3.93. The van der Waals surface area contributed by atoms with E-state index in [0.29, 0.717) is 16.5 Å². The number of hydrogen-bond acceptors (Lipinski definition) is 2. The van der Waals surface area contributed by atoms with Crippen molar-refractivity contribution in [2.75, 3.05) is 5.73 Å². The Bertz CT molecular complexity index is 646. The summed E-state index contributed by atoms with van der Waals surface area (Å²) in [4.78, 5) is 0. The van der Waals surface area contributed by atoms with Gasteiger partial charge in [-0.05, 0) is 46.3 Å². The molecule has 0 saturated carbocycles. The molecule has 0 saturated heterocycles. The molecule has 106 valence electrons. The highest BCUT2D eigenvalue weighted by Crippen LogP contribution is 2.37. The second kappa shape index (κ2) is 5.54. The molecule has 0 amide bonds. The number of benzene rings is 2. The van der Waals surface area contributed by atoms with Crippen molar-refractivity contribution in [3.63, 3.8) is 0 Å². The van der Waals surface area contributed by atoms with Crippen molar-refractivity contribution in [3.8, 4) is 11.5 Å². The van der Waals surface area contributed by atoms with Gasteiger partial charge in [-0.15, -0.1) is 0 Å². The lowest BCUT2D eigenvalue weighted by atomic mass is 10.2. The fourth-order valence-electron chi connectivity index (χ4n) is 1.46. The van der Waals surface area contributed by atoms with Crippen molar-refractivity contribution in [1.82, 2.24) is 0 Å². The third-order valence-corrected chi connectivity index (χ3v) is 3.41. The molecule has 2 aromatic rings. The molecule has 0 bridgehead atoms. The molecule has 0 spiro atoms. The monoisotopic (exact) mass is 365 g/mol. The minimum absolute atomic E-state index is 0.195. The van der Waals surface area contributed by atoms with Crippen LogP contribution in [-0.2, 0) is 6.18 Å². The lowest BCUT2D eigenvalue weighted by molar-refractivity contribution is -0.137. The lowest BCUT2D eigenvalue weighted by Crippen LogP contribution is -2.04. The van der Waals surface area contributed by atoms with Gasteiger partial charge in [-0.25, -0.2) is 0 Å². The van der Waals surface area contributed by atoms with Crippen molar-refractivity contribution in [3.05, 3.63) is 51.5 Å². The van der Waals surface area contributed by atoms with Crippen LogP contribution in [0.4, 0.5) is 18.9 Å². The molecule has 0 heterocycles. The molecule has 0 aliphatic rings. The largest absolute Gasteiger partial charge is 0.456 e. The number of nitrogens with two attached hydrogens (primary N) is 1. The fraction of sp³-hybridized carbons (Fsp3) is 0.0769. The Balaban J connectivity index is 2.28. The molecule has 2 N–H and O–H groups in total. The highest BCUT2D eigenvalue weighted by Gasteiger charge is 2.31. The minimum Gasteiger partial charge on any atom is -0.456 e. The van der Waals surface area contributed by atoms with Crippen LogP contribution in [0.5, 0.6) is 11.5 Å². The van der Waals surface area contributed by atoms with Crippen molar-refractivity contribution >= 4 is 33.2 Å². The number of rotatable bonds is 2. The van der Waals surface area contributed by atoms with Gasteiger partial charge in [0.05, 0.1) is 20.7 Å². The molecule has 0 aliphatic heterocycles. The standard InChI is InChI=1S/C13H8BrClF3NO/c14-9-5-7(13(16,17)18)1-4-12(9)20-8-2-3-11(19)10(15)6-8/h1-6H,19H2. The maximum absolute atomic E-state index is 12.5. The van der Waals surface area contributed by atoms with Crippen LogP contribution < -0.4 is 10.5 Å². The summed E-state index contributed by atoms with van der Waals surface area (Å²) in [5, 5.41) is 0.311. The van der Waals surface area contributed by atoms with E-state index in [9.17, 15) is 13.2 Å². The van der Waals surface area contributed by atoms with Crippen LogP contribution in [0, 0.1) is 0 Å². The van der Waals surface area contributed by atoms with Crippen LogP contribution in [0.2, 0.25) is 5.02 Å². The van der Waals surface area contributed by atoms with Crippen LogP contribution >= 0.6 is 27.5 Å². The van der Waals surface area contributed by atoms with E-state index >= 15 is 0 Å². The first-order chi connectivity index (χ1) is 9.27. The summed E-state index contributed by atoms with van der Waals surface area (Å²) >= 11 is 8.89. The average Bonchev–Trinajstić information content (AvgIpc) is 2.35. The molecule has 0 aromatic heterocycles. The van der Waals surface area contributed by atoms with E-state index in [-0.39, 0.29) is 10.2 Å². The summed E-state index contributed by atoms with van der Waals surface area (Å²) < 4.78 is 43.2. The number of anilines is 1. The van der Waals surface area contributed by atoms with Gasteiger partial charge in [-0.2, -0.15) is 13.2 Å². The van der Waals surface area contributed by atoms with Crippen molar-refractivity contribution in [2.45, 2.75) is 6.18 Å². The summed E-state index contributed by atoms with van der Waals surface area (Å²) in [6, 6.07) is 7.74. The van der Waals surface area contributed by atoms with Gasteiger partial charge < -0.3 is 10.5 Å². The molecule has 20 heavy (non-hydrogen) atoms. The number of halogens is 5. The molecule has 2 nitrogen and oxygen atoms in total. The van der Waals surface area contributed by atoms with Crippen molar-refractivity contribution < 1.29 is 17.9 Å². The fourth-order valence-corrected chi connectivity index (χ4v) is 2.09. The van der Waals surface area contributed by atoms with E-state index in [1.54, 1.807) is 12.1 Å². The van der Waals surface area contributed by atoms with Gasteiger partial charge in [-0.1, -0.05) is 11.6 Å². The van der Waals surface area contributed by atoms with E-state index in [1.165, 1.54) is 12.1 Å². The Kier molecular flexibility index (Phi) is 4.15. The Morgan fingerprint density at radius 1 is 1.10 bits per heavy atom. The Hall–Kier alpha value is -1.40. The van der Waals surface area contributed by atoms with Gasteiger partial charge in [0.2, 0.25) is 0 Å². The van der Waals surface area contributed by atoms with E-state index in [4.69, 9.17) is 22.1 Å². The van der Waals surface area contributed by atoms with E-state index in [1.807, 2.05) is 0 Å². The Labute approximate surface area is 126 Å². The predicted octanol–water partition coefficient (Wildman–Crippen LogP) is 5.50. The third kappa shape index (κ3) is 3.37. The molecule has 0 fully saturated rings. The Morgan fingerprint density at radius 2 is 1.80 bits per heavy atom. The zero-order valence-electron chi connectivity index (χ0n) is 9.84. The van der Waals surface area contributed by atoms with Crippen LogP contribution in [0.1, 0.15) is 5.56 Å². The summed E-state index contributed by atoms with van der Waals surface area (Å²) in [5.74, 6) is 0.628. The first-order valence-corrected chi connectivity index (χ1v) is 6.54. The quantitative estimate of drug-likeness (QED) is 0.713. The van der Waals surface area contributed by atoms with Gasteiger partial charge in [-0.3, -0.25) is 0 Å². The molecule has 2 rings (SSSR count). The summed E-state index contributed by atoms with van der Waals surface area (Å²) in [5.41, 5.74) is 5.19. The van der Waals surface area contributed by atoms with E-state index in [0.717, 1.165) is 12.1 Å². The summed E-state index contributed by atoms with van der Waals surface area (Å²) in [6.45, 7) is 0. The summed E-state index contributed by atoms with van der Waals surface area (Å²) in [6.07, 6.45) is -4.40. The lowest BCUT2D eigenvalue weighted by Gasteiger charge is -2.11. The first kappa shape index (κ1) is 15.0. The zero-order valence-corrected chi connectivity index (χ0v) is 12.2. The molecule has 2 aromatic carbocycles. The average molecular weight is 367 g/mol. The van der Waals surface area contributed by atoms with Crippen LogP contribution in [0.3, 0.4) is 0 Å². The van der Waals surface area contributed by atoms with Gasteiger partial charge in [0.15, 0.2) is 0 Å². The smallest absolute Gasteiger partial charge is 0.416 e. The number of hydrogen-bond donors (Lipinski definition) is 1. The second-order valence-corrected chi connectivity index (χ2v) is 5.19. The molecule has 7 heteroatoms. The Morgan fingerprint density at radius 3 is 2.35 bits per heavy atom. The van der Waals surface area contributed by atoms with Gasteiger partial charge in [0.25, 0.3) is 0 Å². The van der Waals surface area contributed by atoms with Crippen LogP contribution in [0.15, 0.2) is 40.9 Å². The predicted molar refractivity (Wildman–Crippen MR) is 75.1 cm³/mol. The third-order valence-electron chi connectivity index (χ3n) is 2.46. The molecule has 0 unspecified atom stereocenters. The highest BCUT2D eigenvalue weighted by atomic mass is 79.9. The SMILES string of the molecule is Nc1ccc(Oc2ccc(C(F)(F)F)cc2Br)cc1Cl. The summed E-state index contributed by atoms with van der Waals surface area (Å²) in [7, 11) is 0. The van der Waals surface area contributed by atoms with Gasteiger partial charge >= 0.3 is 6.18 Å². The highest BCUT2D eigenvalue weighted by molar-refractivity contribution is 9.10. The van der Waals surface area contributed by atoms with Crippen LogP contribution in [0.25, 0.3) is 0 Å². The maximum atomic E-state index is 12.5. The molecule has 0 atom stereocenters. The normalized spacial score (nSPS) is 11.4. The van der Waals surface area contributed by atoms with Crippen molar-refractivity contribution in [2.24, 2.45) is 0 Å². The first-order valence-electron chi connectivity index (χ1n) is 5.37. The number of alkyl halides is 3. The van der Waals surface area contributed by atoms with Gasteiger partial charge in [0.1, 0.15) is 11.5 Å². The minimum atomic E-state index is -4.40. The number of ether oxygens (including phenoxy) is 1. The zero-order chi connectivity index (χ0) is 14.9.